The lowest BCUT2D eigenvalue weighted by atomic mass is 9.53. The van der Waals surface area contributed by atoms with Gasteiger partial charge in [0.1, 0.15) is 18.7 Å². The first-order chi connectivity index (χ1) is 13.4. The Balaban J connectivity index is 1.90. The van der Waals surface area contributed by atoms with Crippen LogP contribution in [0.4, 0.5) is 0 Å². The average molecular weight is 378 g/mol. The SMILES string of the molecule is CC1=C(C)[C@@H]2CC=C(C=O)[C@H](C=O)[C@@]2(C)[C@H](OC(=O)/C=C/c2ccccc2)C1. The second-order valence-electron chi connectivity index (χ2n) is 7.93. The summed E-state index contributed by atoms with van der Waals surface area (Å²) in [7, 11) is 0. The third-order valence-corrected chi connectivity index (χ3v) is 6.49. The zero-order valence-corrected chi connectivity index (χ0v) is 16.6. The molecule has 3 rings (SSSR count). The molecule has 0 N–H and O–H groups in total. The summed E-state index contributed by atoms with van der Waals surface area (Å²) in [4.78, 5) is 36.0. The smallest absolute Gasteiger partial charge is 0.331 e. The molecule has 1 aromatic carbocycles. The number of aldehydes is 2. The number of carbonyl (C=O) groups is 3. The lowest BCUT2D eigenvalue weighted by Gasteiger charge is -2.52. The summed E-state index contributed by atoms with van der Waals surface area (Å²) >= 11 is 0. The number of hydrogen-bond acceptors (Lipinski definition) is 4. The molecule has 0 bridgehead atoms. The van der Waals surface area contributed by atoms with Crippen molar-refractivity contribution in [1.82, 2.24) is 0 Å². The highest BCUT2D eigenvalue weighted by molar-refractivity contribution is 5.87. The van der Waals surface area contributed by atoms with Gasteiger partial charge in [0.05, 0.1) is 5.92 Å². The van der Waals surface area contributed by atoms with Crippen molar-refractivity contribution in [3.8, 4) is 0 Å². The average Bonchev–Trinajstić information content (AvgIpc) is 2.70. The van der Waals surface area contributed by atoms with Gasteiger partial charge in [-0.2, -0.15) is 0 Å². The van der Waals surface area contributed by atoms with E-state index in [9.17, 15) is 14.4 Å². The molecular weight excluding hydrogens is 352 g/mol. The van der Waals surface area contributed by atoms with Crippen LogP contribution in [0.3, 0.4) is 0 Å². The molecule has 0 amide bonds. The molecule has 2 aliphatic carbocycles. The van der Waals surface area contributed by atoms with Gasteiger partial charge < -0.3 is 9.53 Å². The maximum absolute atomic E-state index is 12.5. The number of rotatable bonds is 5. The molecule has 0 aromatic heterocycles. The Morgan fingerprint density at radius 2 is 1.89 bits per heavy atom. The van der Waals surface area contributed by atoms with Crippen molar-refractivity contribution in [1.29, 1.82) is 0 Å². The molecular formula is C24H26O4. The minimum absolute atomic E-state index is 0.0658. The molecule has 0 heterocycles. The van der Waals surface area contributed by atoms with Gasteiger partial charge in [-0.25, -0.2) is 4.79 Å². The van der Waals surface area contributed by atoms with Gasteiger partial charge in [-0.05, 0) is 43.4 Å². The van der Waals surface area contributed by atoms with E-state index in [1.54, 1.807) is 6.08 Å². The van der Waals surface area contributed by atoms with Crippen molar-refractivity contribution in [2.24, 2.45) is 17.3 Å². The molecule has 28 heavy (non-hydrogen) atoms. The van der Waals surface area contributed by atoms with Crippen molar-refractivity contribution < 1.29 is 19.1 Å². The summed E-state index contributed by atoms with van der Waals surface area (Å²) in [5.41, 5.74) is 3.17. The molecule has 146 valence electrons. The number of benzene rings is 1. The second-order valence-corrected chi connectivity index (χ2v) is 7.93. The van der Waals surface area contributed by atoms with Gasteiger partial charge in [0.2, 0.25) is 0 Å². The maximum Gasteiger partial charge on any atom is 0.331 e. The van der Waals surface area contributed by atoms with E-state index in [0.29, 0.717) is 18.4 Å². The molecule has 4 heteroatoms. The Labute approximate surface area is 166 Å². The van der Waals surface area contributed by atoms with Gasteiger partial charge in [-0.1, -0.05) is 54.5 Å². The van der Waals surface area contributed by atoms with Gasteiger partial charge in [-0.3, -0.25) is 4.79 Å². The minimum atomic E-state index is -0.632. The van der Waals surface area contributed by atoms with E-state index >= 15 is 0 Å². The van der Waals surface area contributed by atoms with Crippen molar-refractivity contribution in [3.05, 3.63) is 64.8 Å². The molecule has 0 unspecified atom stereocenters. The summed E-state index contributed by atoms with van der Waals surface area (Å²) in [6, 6.07) is 9.53. The molecule has 2 aliphatic rings. The fraction of sp³-hybridized carbons (Fsp3) is 0.375. The first-order valence-corrected chi connectivity index (χ1v) is 9.62. The van der Waals surface area contributed by atoms with Gasteiger partial charge >= 0.3 is 5.97 Å². The van der Waals surface area contributed by atoms with Crippen LogP contribution in [-0.4, -0.2) is 24.6 Å². The van der Waals surface area contributed by atoms with E-state index in [-0.39, 0.29) is 5.92 Å². The molecule has 0 saturated carbocycles. The van der Waals surface area contributed by atoms with E-state index in [1.807, 2.05) is 50.3 Å². The molecule has 1 aromatic rings. The van der Waals surface area contributed by atoms with Crippen molar-refractivity contribution >= 4 is 24.6 Å². The first kappa shape index (κ1) is 20.0. The van der Waals surface area contributed by atoms with Crippen LogP contribution in [-0.2, 0) is 19.1 Å². The van der Waals surface area contributed by atoms with E-state index in [0.717, 1.165) is 18.1 Å². The molecule has 4 atom stereocenters. The summed E-state index contributed by atoms with van der Waals surface area (Å²) in [5.74, 6) is -0.952. The molecule has 0 aliphatic heterocycles. The van der Waals surface area contributed by atoms with Crippen LogP contribution in [0.15, 0.2) is 59.2 Å². The number of fused-ring (bicyclic) bond motifs is 1. The van der Waals surface area contributed by atoms with E-state index in [1.165, 1.54) is 17.2 Å². The van der Waals surface area contributed by atoms with Gasteiger partial charge in [0.25, 0.3) is 0 Å². The van der Waals surface area contributed by atoms with Crippen molar-refractivity contribution in [2.45, 2.75) is 39.7 Å². The van der Waals surface area contributed by atoms with Crippen LogP contribution in [0.2, 0.25) is 0 Å². The summed E-state index contributed by atoms with van der Waals surface area (Å²) < 4.78 is 5.87. The highest BCUT2D eigenvalue weighted by atomic mass is 16.5. The zero-order valence-electron chi connectivity index (χ0n) is 16.6. The second kappa shape index (κ2) is 8.09. The molecule has 0 radical (unpaired) electrons. The standard InChI is InChI=1S/C24H26O4/c1-16-13-22(28-23(27)12-9-18-7-5-4-6-8-18)24(3)20(17(16)2)11-10-19(14-25)21(24)15-26/h4-10,12,14-15,20-22H,11,13H2,1-3H3/b12-9+/t20-,21-,22+,24-/m0/s1. The van der Waals surface area contributed by atoms with Gasteiger partial charge in [-0.15, -0.1) is 0 Å². The Bertz CT molecular complexity index is 862. The van der Waals surface area contributed by atoms with Crippen LogP contribution >= 0.6 is 0 Å². The van der Waals surface area contributed by atoms with Crippen LogP contribution in [0, 0.1) is 17.3 Å². The first-order valence-electron chi connectivity index (χ1n) is 9.62. The van der Waals surface area contributed by atoms with Gasteiger partial charge in [0.15, 0.2) is 0 Å². The number of hydrogen-bond donors (Lipinski definition) is 0. The van der Waals surface area contributed by atoms with Crippen molar-refractivity contribution in [2.75, 3.05) is 0 Å². The van der Waals surface area contributed by atoms with Gasteiger partial charge in [0, 0.05) is 17.9 Å². The quantitative estimate of drug-likeness (QED) is 0.331. The van der Waals surface area contributed by atoms with E-state index in [4.69, 9.17) is 4.74 Å². The molecule has 0 saturated heterocycles. The third kappa shape index (κ3) is 3.51. The summed E-state index contributed by atoms with van der Waals surface area (Å²) in [6.07, 6.45) is 7.36. The van der Waals surface area contributed by atoms with Crippen LogP contribution in [0.1, 0.15) is 39.2 Å². The zero-order chi connectivity index (χ0) is 20.3. The lowest BCUT2D eigenvalue weighted by Crippen LogP contribution is -2.53. The minimum Gasteiger partial charge on any atom is -0.458 e. The fourth-order valence-electron chi connectivity index (χ4n) is 4.66. The van der Waals surface area contributed by atoms with E-state index in [2.05, 4.69) is 6.92 Å². The van der Waals surface area contributed by atoms with Crippen LogP contribution < -0.4 is 0 Å². The number of carbonyl (C=O) groups excluding carboxylic acids is 3. The number of ether oxygens (including phenoxy) is 1. The normalized spacial score (nSPS) is 29.8. The van der Waals surface area contributed by atoms with Crippen molar-refractivity contribution in [3.63, 3.8) is 0 Å². The van der Waals surface area contributed by atoms with Crippen LogP contribution in [0.5, 0.6) is 0 Å². The topological polar surface area (TPSA) is 60.4 Å². The monoisotopic (exact) mass is 378 g/mol. The molecule has 0 spiro atoms. The third-order valence-electron chi connectivity index (χ3n) is 6.49. The highest BCUT2D eigenvalue weighted by Crippen LogP contribution is 2.55. The lowest BCUT2D eigenvalue weighted by molar-refractivity contribution is -0.158. The van der Waals surface area contributed by atoms with E-state index < -0.39 is 23.4 Å². The number of esters is 1. The molecule has 4 nitrogen and oxygen atoms in total. The predicted molar refractivity (Wildman–Crippen MR) is 108 cm³/mol. The van der Waals surface area contributed by atoms with Crippen LogP contribution in [0.25, 0.3) is 6.08 Å². The summed E-state index contributed by atoms with van der Waals surface area (Å²) in [6.45, 7) is 6.10. The Hall–Kier alpha value is -2.75. The Morgan fingerprint density at radius 1 is 1.18 bits per heavy atom. The number of allylic oxidation sites excluding steroid dienone is 3. The largest absolute Gasteiger partial charge is 0.458 e. The maximum atomic E-state index is 12.5. The highest BCUT2D eigenvalue weighted by Gasteiger charge is 2.54. The predicted octanol–water partition coefficient (Wildman–Crippen LogP) is 4.32. The Kier molecular flexibility index (Phi) is 5.78. The molecule has 0 fully saturated rings. The fourth-order valence-corrected chi connectivity index (χ4v) is 4.66. The Morgan fingerprint density at radius 3 is 2.54 bits per heavy atom. The summed E-state index contributed by atoms with van der Waals surface area (Å²) in [5, 5.41) is 0.